The Morgan fingerprint density at radius 3 is 2.61 bits per heavy atom. The van der Waals surface area contributed by atoms with Crippen LogP contribution in [-0.2, 0) is 9.53 Å². The van der Waals surface area contributed by atoms with E-state index < -0.39 is 0 Å². The second kappa shape index (κ2) is 7.71. The van der Waals surface area contributed by atoms with E-state index in [4.69, 9.17) is 10.5 Å². The Bertz CT molecular complexity index is 253. The van der Waals surface area contributed by atoms with Crippen LogP contribution in [0, 0.1) is 5.41 Å². The van der Waals surface area contributed by atoms with Crippen LogP contribution in [0.4, 0.5) is 0 Å². The van der Waals surface area contributed by atoms with E-state index in [0.717, 1.165) is 45.4 Å². The van der Waals surface area contributed by atoms with E-state index in [1.54, 1.807) is 7.11 Å². The van der Waals surface area contributed by atoms with Crippen LogP contribution >= 0.6 is 0 Å². The third-order valence-corrected chi connectivity index (χ3v) is 3.89. The molecule has 1 saturated carbocycles. The van der Waals surface area contributed by atoms with Crippen LogP contribution in [0.5, 0.6) is 0 Å². The van der Waals surface area contributed by atoms with E-state index in [1.807, 2.05) is 7.05 Å². The zero-order chi connectivity index (χ0) is 13.4. The summed E-state index contributed by atoms with van der Waals surface area (Å²) in [6.45, 7) is 3.60. The van der Waals surface area contributed by atoms with Gasteiger partial charge in [-0.2, -0.15) is 0 Å². The molecule has 0 atom stereocenters. The minimum absolute atomic E-state index is 0.141. The maximum atomic E-state index is 12.2. The van der Waals surface area contributed by atoms with Gasteiger partial charge >= 0.3 is 0 Å². The molecule has 3 N–H and O–H groups in total. The maximum absolute atomic E-state index is 12.2. The minimum Gasteiger partial charge on any atom is -0.383 e. The molecule has 0 aromatic rings. The lowest BCUT2D eigenvalue weighted by Gasteiger charge is -2.26. The molecule has 1 aliphatic carbocycles. The first-order chi connectivity index (χ1) is 8.64. The maximum Gasteiger partial charge on any atom is 0.227 e. The first-order valence-electron chi connectivity index (χ1n) is 6.80. The van der Waals surface area contributed by atoms with E-state index in [1.165, 1.54) is 0 Å². The highest BCUT2D eigenvalue weighted by atomic mass is 16.5. The number of likely N-dealkylation sites (N-methyl/N-ethyl adjacent to an activating group) is 1. The van der Waals surface area contributed by atoms with Crippen molar-refractivity contribution in [2.75, 3.05) is 46.9 Å². The van der Waals surface area contributed by atoms with E-state index in [-0.39, 0.29) is 11.3 Å². The van der Waals surface area contributed by atoms with Crippen LogP contribution in [0.2, 0.25) is 0 Å². The largest absolute Gasteiger partial charge is 0.383 e. The van der Waals surface area contributed by atoms with E-state index >= 15 is 0 Å². The Balaban J connectivity index is 2.24. The van der Waals surface area contributed by atoms with E-state index in [0.29, 0.717) is 13.1 Å². The number of nitrogens with one attached hydrogen (secondary N) is 1. The number of carbonyl (C=O) groups is 1. The van der Waals surface area contributed by atoms with Gasteiger partial charge in [-0.1, -0.05) is 12.8 Å². The van der Waals surface area contributed by atoms with E-state index in [9.17, 15) is 4.79 Å². The molecule has 0 unspecified atom stereocenters. The Morgan fingerprint density at radius 2 is 2.06 bits per heavy atom. The predicted octanol–water partition coefficient (Wildman–Crippen LogP) is 0.200. The topological polar surface area (TPSA) is 67.6 Å². The molecule has 0 heterocycles. The van der Waals surface area contributed by atoms with Crippen molar-refractivity contribution in [2.45, 2.75) is 25.7 Å². The quantitative estimate of drug-likeness (QED) is 0.652. The third kappa shape index (κ3) is 4.23. The monoisotopic (exact) mass is 257 g/mol. The van der Waals surface area contributed by atoms with Gasteiger partial charge in [-0.15, -0.1) is 0 Å². The van der Waals surface area contributed by atoms with Gasteiger partial charge in [-0.3, -0.25) is 4.79 Å². The van der Waals surface area contributed by atoms with Crippen molar-refractivity contribution in [1.29, 1.82) is 0 Å². The summed E-state index contributed by atoms with van der Waals surface area (Å²) in [4.78, 5) is 14.3. The Hall–Kier alpha value is -0.650. The van der Waals surface area contributed by atoms with Crippen molar-refractivity contribution >= 4 is 5.91 Å². The van der Waals surface area contributed by atoms with Crippen molar-refractivity contribution in [3.8, 4) is 0 Å². The summed E-state index contributed by atoms with van der Waals surface area (Å²) < 4.78 is 5.01. The highest BCUT2D eigenvalue weighted by Crippen LogP contribution is 2.37. The van der Waals surface area contributed by atoms with E-state index in [2.05, 4.69) is 10.2 Å². The SMILES string of the molecule is COCCN(C)CCNC(=O)C1(CN)CCCC1. The fraction of sp³-hybridized carbons (Fsp3) is 0.923. The van der Waals surface area contributed by atoms with Gasteiger partial charge in [0.2, 0.25) is 5.91 Å². The molecule has 0 aromatic heterocycles. The van der Waals surface area contributed by atoms with Crippen molar-refractivity contribution in [3.05, 3.63) is 0 Å². The number of nitrogens with zero attached hydrogens (tertiary/aromatic N) is 1. The van der Waals surface area contributed by atoms with Crippen LogP contribution < -0.4 is 11.1 Å². The lowest BCUT2D eigenvalue weighted by molar-refractivity contribution is -0.130. The molecule has 5 nitrogen and oxygen atoms in total. The first-order valence-corrected chi connectivity index (χ1v) is 6.80. The van der Waals surface area contributed by atoms with Crippen molar-refractivity contribution < 1.29 is 9.53 Å². The Morgan fingerprint density at radius 1 is 1.39 bits per heavy atom. The summed E-state index contributed by atoms with van der Waals surface area (Å²) in [5, 5.41) is 3.02. The molecule has 0 bridgehead atoms. The smallest absolute Gasteiger partial charge is 0.227 e. The molecule has 0 spiro atoms. The average molecular weight is 257 g/mol. The number of amides is 1. The molecule has 0 radical (unpaired) electrons. The highest BCUT2D eigenvalue weighted by molar-refractivity contribution is 5.83. The van der Waals surface area contributed by atoms with Gasteiger partial charge in [0.25, 0.3) is 0 Å². The normalized spacial score (nSPS) is 18.2. The summed E-state index contributed by atoms with van der Waals surface area (Å²) in [5.74, 6) is 0.141. The number of nitrogens with two attached hydrogens (primary N) is 1. The molecule has 106 valence electrons. The van der Waals surface area contributed by atoms with Crippen molar-refractivity contribution in [3.63, 3.8) is 0 Å². The van der Waals surface area contributed by atoms with Crippen molar-refractivity contribution in [1.82, 2.24) is 10.2 Å². The molecule has 1 rings (SSSR count). The molecule has 1 aliphatic rings. The summed E-state index contributed by atoms with van der Waals surface area (Å²) in [6.07, 6.45) is 4.13. The van der Waals surface area contributed by atoms with Crippen LogP contribution in [0.3, 0.4) is 0 Å². The zero-order valence-corrected chi connectivity index (χ0v) is 11.7. The summed E-state index contributed by atoms with van der Waals surface area (Å²) in [5.41, 5.74) is 5.49. The van der Waals surface area contributed by atoms with Gasteiger partial charge < -0.3 is 20.7 Å². The minimum atomic E-state index is -0.287. The fourth-order valence-electron chi connectivity index (χ4n) is 2.48. The number of rotatable bonds is 8. The summed E-state index contributed by atoms with van der Waals surface area (Å²) in [7, 11) is 3.72. The first kappa shape index (κ1) is 15.4. The van der Waals surface area contributed by atoms with Crippen molar-refractivity contribution in [2.24, 2.45) is 11.1 Å². The number of methoxy groups -OCH3 is 1. The number of hydrogen-bond donors (Lipinski definition) is 2. The number of ether oxygens (including phenoxy) is 1. The summed E-state index contributed by atoms with van der Waals surface area (Å²) in [6, 6.07) is 0. The summed E-state index contributed by atoms with van der Waals surface area (Å²) >= 11 is 0. The zero-order valence-electron chi connectivity index (χ0n) is 11.7. The molecule has 0 saturated heterocycles. The Kier molecular flexibility index (Phi) is 6.60. The molecule has 0 aromatic carbocycles. The molecule has 0 aliphatic heterocycles. The van der Waals surface area contributed by atoms with Gasteiger partial charge in [0.1, 0.15) is 0 Å². The molecule has 5 heteroatoms. The van der Waals surface area contributed by atoms with Gasteiger partial charge in [0.15, 0.2) is 0 Å². The Labute approximate surface area is 110 Å². The molecule has 18 heavy (non-hydrogen) atoms. The molecule has 1 amide bonds. The standard InChI is InChI=1S/C13H27N3O2/c1-16(9-10-18-2)8-7-15-12(17)13(11-14)5-3-4-6-13/h3-11,14H2,1-2H3,(H,15,17). The third-order valence-electron chi connectivity index (χ3n) is 3.89. The van der Waals surface area contributed by atoms with Gasteiger partial charge in [0.05, 0.1) is 12.0 Å². The lowest BCUT2D eigenvalue weighted by Crippen LogP contribution is -2.46. The molecule has 1 fully saturated rings. The van der Waals surface area contributed by atoms with Crippen LogP contribution in [0.15, 0.2) is 0 Å². The molecular formula is C13H27N3O2. The number of carbonyl (C=O) groups excluding carboxylic acids is 1. The van der Waals surface area contributed by atoms with Gasteiger partial charge in [0, 0.05) is 33.3 Å². The molecular weight excluding hydrogens is 230 g/mol. The second-order valence-corrected chi connectivity index (χ2v) is 5.24. The number of hydrogen-bond acceptors (Lipinski definition) is 4. The highest BCUT2D eigenvalue weighted by Gasteiger charge is 2.39. The van der Waals surface area contributed by atoms with Gasteiger partial charge in [-0.25, -0.2) is 0 Å². The predicted molar refractivity (Wildman–Crippen MR) is 72.3 cm³/mol. The fourth-order valence-corrected chi connectivity index (χ4v) is 2.48. The van der Waals surface area contributed by atoms with Crippen LogP contribution in [0.25, 0.3) is 0 Å². The van der Waals surface area contributed by atoms with Crippen LogP contribution in [-0.4, -0.2) is 57.8 Å². The van der Waals surface area contributed by atoms with Gasteiger partial charge in [-0.05, 0) is 19.9 Å². The van der Waals surface area contributed by atoms with Crippen LogP contribution in [0.1, 0.15) is 25.7 Å². The second-order valence-electron chi connectivity index (χ2n) is 5.24. The lowest BCUT2D eigenvalue weighted by atomic mass is 9.85. The average Bonchev–Trinajstić information content (AvgIpc) is 2.86.